The Balaban J connectivity index is 1.76. The summed E-state index contributed by atoms with van der Waals surface area (Å²) in [5.74, 6) is 0.849. The Bertz CT molecular complexity index is 248. The lowest BCUT2D eigenvalue weighted by Gasteiger charge is -2.36. The summed E-state index contributed by atoms with van der Waals surface area (Å²) in [6.45, 7) is 12.2. The number of rotatable bonds is 6. The van der Waals surface area contributed by atoms with Crippen LogP contribution in [0.1, 0.15) is 65.7 Å². The highest BCUT2D eigenvalue weighted by Gasteiger charge is 2.34. The van der Waals surface area contributed by atoms with E-state index in [2.05, 4.69) is 31.0 Å². The molecule has 2 nitrogen and oxygen atoms in total. The molecule has 0 aromatic heterocycles. The first kappa shape index (κ1) is 15.3. The molecule has 0 radical (unpaired) electrons. The van der Waals surface area contributed by atoms with Crippen molar-refractivity contribution in [3.8, 4) is 0 Å². The van der Waals surface area contributed by atoms with Crippen LogP contribution in [0.3, 0.4) is 0 Å². The monoisotopic (exact) mass is 266 g/mol. The molecule has 0 amide bonds. The second kappa shape index (κ2) is 7.08. The van der Waals surface area contributed by atoms with Crippen LogP contribution in [0, 0.1) is 11.3 Å². The van der Waals surface area contributed by atoms with E-state index in [1.54, 1.807) is 0 Å². The first-order valence-electron chi connectivity index (χ1n) is 8.59. The van der Waals surface area contributed by atoms with Crippen LogP contribution in [-0.4, -0.2) is 37.1 Å². The summed E-state index contributed by atoms with van der Waals surface area (Å²) in [4.78, 5) is 2.58. The highest BCUT2D eigenvalue weighted by Crippen LogP contribution is 2.42. The lowest BCUT2D eigenvalue weighted by Crippen LogP contribution is -2.45. The predicted molar refractivity (Wildman–Crippen MR) is 83.5 cm³/mol. The summed E-state index contributed by atoms with van der Waals surface area (Å²) in [6, 6.07) is 0.785. The summed E-state index contributed by atoms with van der Waals surface area (Å²) in [5, 5.41) is 3.93. The second-order valence-electron chi connectivity index (χ2n) is 7.39. The van der Waals surface area contributed by atoms with Gasteiger partial charge in [-0.2, -0.15) is 0 Å². The van der Waals surface area contributed by atoms with Crippen LogP contribution in [-0.2, 0) is 0 Å². The molecule has 0 atom stereocenters. The molecular formula is C17H34N2. The van der Waals surface area contributed by atoms with Gasteiger partial charge in [0.05, 0.1) is 0 Å². The zero-order valence-corrected chi connectivity index (χ0v) is 13.4. The molecule has 2 heteroatoms. The van der Waals surface area contributed by atoms with Gasteiger partial charge in [0.25, 0.3) is 0 Å². The average molecular weight is 266 g/mol. The van der Waals surface area contributed by atoms with Crippen molar-refractivity contribution in [1.82, 2.24) is 10.2 Å². The number of piperidine rings is 1. The van der Waals surface area contributed by atoms with Gasteiger partial charge in [0.15, 0.2) is 0 Å². The Hall–Kier alpha value is -0.0800. The standard InChI is InChI=1S/C17H34N2/c1-4-19-11-7-16(8-12-19)18-14-17(13-15(2)3)9-5-6-10-17/h15-16,18H,4-14H2,1-3H3. The molecule has 0 spiro atoms. The van der Waals surface area contributed by atoms with Crippen molar-refractivity contribution in [2.45, 2.75) is 71.8 Å². The van der Waals surface area contributed by atoms with Crippen LogP contribution in [0.5, 0.6) is 0 Å². The summed E-state index contributed by atoms with van der Waals surface area (Å²) >= 11 is 0. The summed E-state index contributed by atoms with van der Waals surface area (Å²) in [5.41, 5.74) is 0.635. The minimum atomic E-state index is 0.635. The fourth-order valence-corrected chi connectivity index (χ4v) is 4.26. The Kier molecular flexibility index (Phi) is 5.70. The molecule has 2 aliphatic rings. The van der Waals surface area contributed by atoms with E-state index in [0.29, 0.717) is 5.41 Å². The SMILES string of the molecule is CCN1CCC(NCC2(CC(C)C)CCCC2)CC1. The molecule has 112 valence electrons. The van der Waals surface area contributed by atoms with Gasteiger partial charge >= 0.3 is 0 Å². The van der Waals surface area contributed by atoms with E-state index in [0.717, 1.165) is 12.0 Å². The first-order valence-corrected chi connectivity index (χ1v) is 8.59. The third-order valence-corrected chi connectivity index (χ3v) is 5.31. The molecule has 0 aromatic carbocycles. The molecule has 1 aliphatic carbocycles. The number of nitrogens with zero attached hydrogens (tertiary/aromatic N) is 1. The van der Waals surface area contributed by atoms with Crippen LogP contribution in [0.15, 0.2) is 0 Å². The molecular weight excluding hydrogens is 232 g/mol. The Morgan fingerprint density at radius 1 is 1.16 bits per heavy atom. The molecule has 19 heavy (non-hydrogen) atoms. The lowest BCUT2D eigenvalue weighted by molar-refractivity contribution is 0.174. The van der Waals surface area contributed by atoms with Crippen molar-refractivity contribution in [2.24, 2.45) is 11.3 Å². The molecule has 1 saturated heterocycles. The normalized spacial score (nSPS) is 25.3. The Morgan fingerprint density at radius 2 is 1.79 bits per heavy atom. The van der Waals surface area contributed by atoms with Gasteiger partial charge in [-0.05, 0) is 63.1 Å². The number of hydrogen-bond donors (Lipinski definition) is 1. The van der Waals surface area contributed by atoms with Gasteiger partial charge in [0.1, 0.15) is 0 Å². The smallest absolute Gasteiger partial charge is 0.00916 e. The van der Waals surface area contributed by atoms with Crippen molar-refractivity contribution < 1.29 is 0 Å². The summed E-state index contributed by atoms with van der Waals surface area (Å²) in [6.07, 6.45) is 9.98. The van der Waals surface area contributed by atoms with Gasteiger partial charge < -0.3 is 10.2 Å². The number of nitrogens with one attached hydrogen (secondary N) is 1. The molecule has 2 rings (SSSR count). The summed E-state index contributed by atoms with van der Waals surface area (Å²) < 4.78 is 0. The fraction of sp³-hybridized carbons (Fsp3) is 1.00. The van der Waals surface area contributed by atoms with Gasteiger partial charge in [-0.25, -0.2) is 0 Å². The minimum Gasteiger partial charge on any atom is -0.313 e. The van der Waals surface area contributed by atoms with Crippen LogP contribution in [0.4, 0.5) is 0 Å². The van der Waals surface area contributed by atoms with Gasteiger partial charge in [-0.1, -0.05) is 33.6 Å². The zero-order chi connectivity index (χ0) is 13.7. The van der Waals surface area contributed by atoms with Crippen molar-refractivity contribution >= 4 is 0 Å². The lowest BCUT2D eigenvalue weighted by atomic mass is 9.78. The van der Waals surface area contributed by atoms with Gasteiger partial charge in [-0.15, -0.1) is 0 Å². The minimum absolute atomic E-state index is 0.635. The molecule has 0 unspecified atom stereocenters. The number of likely N-dealkylation sites (tertiary alicyclic amines) is 1. The molecule has 1 saturated carbocycles. The third kappa shape index (κ3) is 4.46. The molecule has 1 N–H and O–H groups in total. The van der Waals surface area contributed by atoms with Crippen molar-refractivity contribution in [1.29, 1.82) is 0 Å². The average Bonchev–Trinajstić information content (AvgIpc) is 2.85. The highest BCUT2D eigenvalue weighted by molar-refractivity contribution is 4.89. The zero-order valence-electron chi connectivity index (χ0n) is 13.4. The molecule has 0 aromatic rings. The van der Waals surface area contributed by atoms with E-state index in [9.17, 15) is 0 Å². The largest absolute Gasteiger partial charge is 0.313 e. The van der Waals surface area contributed by atoms with E-state index in [1.165, 1.54) is 71.1 Å². The molecule has 0 bridgehead atoms. The Labute approximate surface area is 120 Å². The topological polar surface area (TPSA) is 15.3 Å². The van der Waals surface area contributed by atoms with E-state index in [1.807, 2.05) is 0 Å². The predicted octanol–water partition coefficient (Wildman–Crippen LogP) is 3.67. The van der Waals surface area contributed by atoms with E-state index < -0.39 is 0 Å². The van der Waals surface area contributed by atoms with Gasteiger partial charge in [0, 0.05) is 12.6 Å². The van der Waals surface area contributed by atoms with E-state index in [4.69, 9.17) is 0 Å². The first-order chi connectivity index (χ1) is 9.13. The van der Waals surface area contributed by atoms with E-state index >= 15 is 0 Å². The van der Waals surface area contributed by atoms with Gasteiger partial charge in [-0.3, -0.25) is 0 Å². The quantitative estimate of drug-likeness (QED) is 0.789. The summed E-state index contributed by atoms with van der Waals surface area (Å²) in [7, 11) is 0. The van der Waals surface area contributed by atoms with Crippen LogP contribution >= 0.6 is 0 Å². The molecule has 1 aliphatic heterocycles. The number of hydrogen-bond acceptors (Lipinski definition) is 2. The maximum atomic E-state index is 3.93. The van der Waals surface area contributed by atoms with Crippen LogP contribution < -0.4 is 5.32 Å². The van der Waals surface area contributed by atoms with Crippen molar-refractivity contribution in [3.05, 3.63) is 0 Å². The fourth-order valence-electron chi connectivity index (χ4n) is 4.26. The maximum absolute atomic E-state index is 3.93. The highest BCUT2D eigenvalue weighted by atomic mass is 15.1. The molecule has 2 fully saturated rings. The maximum Gasteiger partial charge on any atom is 0.00916 e. The van der Waals surface area contributed by atoms with Crippen molar-refractivity contribution in [3.63, 3.8) is 0 Å². The molecule has 1 heterocycles. The van der Waals surface area contributed by atoms with Gasteiger partial charge in [0.2, 0.25) is 0 Å². The Morgan fingerprint density at radius 3 is 2.32 bits per heavy atom. The van der Waals surface area contributed by atoms with Crippen LogP contribution in [0.2, 0.25) is 0 Å². The van der Waals surface area contributed by atoms with Crippen LogP contribution in [0.25, 0.3) is 0 Å². The second-order valence-corrected chi connectivity index (χ2v) is 7.39. The third-order valence-electron chi connectivity index (χ3n) is 5.31. The van der Waals surface area contributed by atoms with Crippen molar-refractivity contribution in [2.75, 3.05) is 26.2 Å². The van der Waals surface area contributed by atoms with E-state index in [-0.39, 0.29) is 0 Å².